The van der Waals surface area contributed by atoms with Gasteiger partial charge in [0, 0.05) is 5.39 Å². The molecule has 4 aromatic rings. The predicted molar refractivity (Wildman–Crippen MR) is 134 cm³/mol. The van der Waals surface area contributed by atoms with Gasteiger partial charge in [-0.15, -0.1) is 10.2 Å². The Bertz CT molecular complexity index is 1420. The minimum Gasteiger partial charge on any atom is -0.493 e. The van der Waals surface area contributed by atoms with Crippen LogP contribution in [0, 0.1) is 0 Å². The zero-order valence-corrected chi connectivity index (χ0v) is 19.9. The number of hydrogen-bond donors (Lipinski definition) is 1. The maximum atomic E-state index is 12.9. The Kier molecular flexibility index (Phi) is 5.76. The molecule has 0 saturated carbocycles. The van der Waals surface area contributed by atoms with E-state index < -0.39 is 12.0 Å². The van der Waals surface area contributed by atoms with Crippen LogP contribution in [0.15, 0.2) is 83.0 Å². The quantitative estimate of drug-likeness (QED) is 0.364. The molecule has 2 heterocycles. The number of nitrogens with zero attached hydrogens (tertiary/aromatic N) is 3. The summed E-state index contributed by atoms with van der Waals surface area (Å²) in [7, 11) is 0. The molecule has 7 heteroatoms. The molecule has 0 bridgehead atoms. The molecule has 1 amide bonds. The third-order valence-electron chi connectivity index (χ3n) is 6.09. The van der Waals surface area contributed by atoms with Crippen molar-refractivity contribution in [2.24, 2.45) is 10.2 Å². The van der Waals surface area contributed by atoms with Crippen LogP contribution in [-0.2, 0) is 16.8 Å². The Morgan fingerprint density at radius 2 is 1.77 bits per heavy atom. The first-order chi connectivity index (χ1) is 16.8. The first-order valence-corrected chi connectivity index (χ1v) is 11.5. The van der Waals surface area contributed by atoms with Gasteiger partial charge in [0.15, 0.2) is 17.2 Å². The standard InChI is InChI=1S/C28H27N3O4/c1-28(2,3)19-13-14-22-23(15-19)35-24(17-34-22)26(32)30-29-25-20-11-7-8-12-21(20)31(27(25)33)16-18-9-5-4-6-10-18/h4-15,24,33H,16-17H2,1-3H3/t24-/m1/s1. The third-order valence-corrected chi connectivity index (χ3v) is 6.09. The summed E-state index contributed by atoms with van der Waals surface area (Å²) in [6.45, 7) is 6.83. The number of azo groups is 1. The fourth-order valence-corrected chi connectivity index (χ4v) is 4.12. The SMILES string of the molecule is CC(C)(C)c1ccc2c(c1)O[C@@H](C(=O)N=Nc1c(O)n(Cc3ccccc3)c3ccccc13)CO2. The van der Waals surface area contributed by atoms with Crippen molar-refractivity contribution in [3.8, 4) is 17.4 Å². The fourth-order valence-electron chi connectivity index (χ4n) is 4.12. The van der Waals surface area contributed by atoms with Gasteiger partial charge in [-0.2, -0.15) is 0 Å². The average Bonchev–Trinajstić information content (AvgIpc) is 3.12. The lowest BCUT2D eigenvalue weighted by molar-refractivity contribution is -0.127. The molecule has 1 aliphatic heterocycles. The van der Waals surface area contributed by atoms with E-state index in [0.717, 1.165) is 16.6 Å². The van der Waals surface area contributed by atoms with E-state index in [1.807, 2.05) is 72.8 Å². The Morgan fingerprint density at radius 3 is 2.54 bits per heavy atom. The summed E-state index contributed by atoms with van der Waals surface area (Å²) in [5, 5.41) is 19.7. The van der Waals surface area contributed by atoms with Crippen LogP contribution in [0.2, 0.25) is 0 Å². The van der Waals surface area contributed by atoms with E-state index >= 15 is 0 Å². The van der Waals surface area contributed by atoms with Gasteiger partial charge in [-0.1, -0.05) is 75.4 Å². The number of carbonyl (C=O) groups is 1. The molecule has 0 fully saturated rings. The van der Waals surface area contributed by atoms with Gasteiger partial charge in [-0.25, -0.2) is 0 Å². The minimum absolute atomic E-state index is 0.0431. The van der Waals surface area contributed by atoms with Crippen molar-refractivity contribution in [2.75, 3.05) is 6.61 Å². The lowest BCUT2D eigenvalue weighted by Gasteiger charge is -2.27. The largest absolute Gasteiger partial charge is 0.493 e. The first kappa shape index (κ1) is 22.7. The number of amides is 1. The summed E-state index contributed by atoms with van der Waals surface area (Å²) in [5.41, 5.74) is 3.09. The highest BCUT2D eigenvalue weighted by atomic mass is 16.6. The van der Waals surface area contributed by atoms with Crippen molar-refractivity contribution in [3.63, 3.8) is 0 Å². The van der Waals surface area contributed by atoms with Crippen LogP contribution in [0.3, 0.4) is 0 Å². The maximum absolute atomic E-state index is 12.9. The monoisotopic (exact) mass is 469 g/mol. The molecule has 5 rings (SSSR count). The van der Waals surface area contributed by atoms with E-state index in [2.05, 4.69) is 31.0 Å². The first-order valence-electron chi connectivity index (χ1n) is 11.5. The molecule has 35 heavy (non-hydrogen) atoms. The van der Waals surface area contributed by atoms with Gasteiger partial charge < -0.3 is 19.1 Å². The summed E-state index contributed by atoms with van der Waals surface area (Å²) in [4.78, 5) is 12.9. The molecule has 1 atom stereocenters. The molecule has 0 saturated heterocycles. The van der Waals surface area contributed by atoms with E-state index in [1.54, 1.807) is 4.57 Å². The summed E-state index contributed by atoms with van der Waals surface area (Å²) >= 11 is 0. The van der Waals surface area contributed by atoms with Crippen LogP contribution in [0.4, 0.5) is 5.69 Å². The van der Waals surface area contributed by atoms with E-state index in [0.29, 0.717) is 23.4 Å². The van der Waals surface area contributed by atoms with Crippen LogP contribution in [0.1, 0.15) is 31.9 Å². The molecule has 1 N–H and O–H groups in total. The number of para-hydroxylation sites is 1. The molecule has 178 valence electrons. The molecule has 1 aliphatic rings. The van der Waals surface area contributed by atoms with E-state index in [-0.39, 0.29) is 23.6 Å². The number of aromatic nitrogens is 1. The fraction of sp³-hybridized carbons (Fsp3) is 0.250. The second-order valence-corrected chi connectivity index (χ2v) is 9.63. The van der Waals surface area contributed by atoms with E-state index in [4.69, 9.17) is 9.47 Å². The molecule has 7 nitrogen and oxygen atoms in total. The number of ether oxygens (including phenoxy) is 2. The second-order valence-electron chi connectivity index (χ2n) is 9.63. The number of benzene rings is 3. The number of carbonyl (C=O) groups excluding carboxylic acids is 1. The van der Waals surface area contributed by atoms with Gasteiger partial charge >= 0.3 is 5.91 Å². The van der Waals surface area contributed by atoms with Crippen LogP contribution in [0.5, 0.6) is 17.4 Å². The maximum Gasteiger partial charge on any atom is 0.308 e. The molecule has 0 radical (unpaired) electrons. The Morgan fingerprint density at radius 1 is 1.03 bits per heavy atom. The van der Waals surface area contributed by atoms with Gasteiger partial charge in [0.05, 0.1) is 12.1 Å². The van der Waals surface area contributed by atoms with Crippen LogP contribution < -0.4 is 9.47 Å². The lowest BCUT2D eigenvalue weighted by atomic mass is 9.87. The molecular formula is C28H27N3O4. The van der Waals surface area contributed by atoms with Crippen molar-refractivity contribution in [2.45, 2.75) is 38.8 Å². The smallest absolute Gasteiger partial charge is 0.308 e. The van der Waals surface area contributed by atoms with Crippen molar-refractivity contribution in [3.05, 3.63) is 83.9 Å². The third kappa shape index (κ3) is 4.49. The van der Waals surface area contributed by atoms with Crippen molar-refractivity contribution in [1.82, 2.24) is 4.57 Å². The molecule has 0 spiro atoms. The normalized spacial score (nSPS) is 15.6. The highest BCUT2D eigenvalue weighted by Crippen LogP contribution is 2.40. The van der Waals surface area contributed by atoms with Gasteiger partial charge in [0.2, 0.25) is 12.0 Å². The van der Waals surface area contributed by atoms with Crippen molar-refractivity contribution >= 4 is 22.5 Å². The summed E-state index contributed by atoms with van der Waals surface area (Å²) in [5.74, 6) is 0.490. The van der Waals surface area contributed by atoms with Gasteiger partial charge in [0.1, 0.15) is 6.61 Å². The Hall–Kier alpha value is -4.13. The second kappa shape index (κ2) is 8.91. The number of aromatic hydroxyl groups is 1. The predicted octanol–water partition coefficient (Wildman–Crippen LogP) is 6.14. The van der Waals surface area contributed by atoms with E-state index in [1.165, 1.54) is 0 Å². The summed E-state index contributed by atoms with van der Waals surface area (Å²) in [6.07, 6.45) is -0.915. The zero-order chi connectivity index (χ0) is 24.6. The van der Waals surface area contributed by atoms with E-state index in [9.17, 15) is 9.90 Å². The molecule has 3 aromatic carbocycles. The average molecular weight is 470 g/mol. The highest BCUT2D eigenvalue weighted by Gasteiger charge is 2.29. The Labute approximate surface area is 203 Å². The topological polar surface area (TPSA) is 85.4 Å². The molecule has 0 unspecified atom stereocenters. The summed E-state index contributed by atoms with van der Waals surface area (Å²) in [6, 6.07) is 23.1. The van der Waals surface area contributed by atoms with Crippen LogP contribution in [0.25, 0.3) is 10.9 Å². The van der Waals surface area contributed by atoms with Crippen molar-refractivity contribution < 1.29 is 19.4 Å². The lowest BCUT2D eigenvalue weighted by Crippen LogP contribution is -2.35. The zero-order valence-electron chi connectivity index (χ0n) is 19.9. The molecular weight excluding hydrogens is 442 g/mol. The number of fused-ring (bicyclic) bond motifs is 2. The Balaban J connectivity index is 1.40. The molecule has 1 aromatic heterocycles. The van der Waals surface area contributed by atoms with Crippen LogP contribution >= 0.6 is 0 Å². The number of rotatable bonds is 4. The van der Waals surface area contributed by atoms with Gasteiger partial charge in [-0.05, 0) is 34.7 Å². The molecule has 0 aliphatic carbocycles. The van der Waals surface area contributed by atoms with Crippen molar-refractivity contribution in [1.29, 1.82) is 0 Å². The number of hydrogen-bond acceptors (Lipinski definition) is 5. The van der Waals surface area contributed by atoms with Crippen LogP contribution in [-0.4, -0.2) is 28.3 Å². The summed E-state index contributed by atoms with van der Waals surface area (Å²) < 4.78 is 13.4. The highest BCUT2D eigenvalue weighted by molar-refractivity contribution is 5.95. The van der Waals surface area contributed by atoms with Gasteiger partial charge in [-0.3, -0.25) is 4.79 Å². The minimum atomic E-state index is -0.915. The van der Waals surface area contributed by atoms with Gasteiger partial charge in [0.25, 0.3) is 0 Å².